The molecule has 0 fully saturated rings. The Morgan fingerprint density at radius 3 is 2.70 bits per heavy atom. The molecule has 0 bridgehead atoms. The molecular weight excluding hydrogens is 292 g/mol. The van der Waals surface area contributed by atoms with Gasteiger partial charge in [-0.25, -0.2) is 9.97 Å². The van der Waals surface area contributed by atoms with Gasteiger partial charge in [-0.1, -0.05) is 0 Å². The normalized spacial score (nSPS) is 10.7. The van der Waals surface area contributed by atoms with E-state index in [1.54, 1.807) is 16.7 Å². The molecule has 0 spiro atoms. The molecule has 0 aromatic carbocycles. The van der Waals surface area contributed by atoms with Crippen molar-refractivity contribution < 1.29 is 4.79 Å². The molecular formula is C13H18N4OS2. The van der Waals surface area contributed by atoms with E-state index in [0.717, 1.165) is 30.0 Å². The van der Waals surface area contributed by atoms with Crippen molar-refractivity contribution in [1.82, 2.24) is 15.3 Å². The number of hydrogen-bond acceptors (Lipinski definition) is 6. The second-order valence-electron chi connectivity index (χ2n) is 4.43. The summed E-state index contributed by atoms with van der Waals surface area (Å²) in [6, 6.07) is 0. The van der Waals surface area contributed by atoms with Crippen molar-refractivity contribution in [2.24, 2.45) is 5.73 Å². The van der Waals surface area contributed by atoms with Gasteiger partial charge in [-0.3, -0.25) is 4.79 Å². The van der Waals surface area contributed by atoms with E-state index in [1.165, 1.54) is 16.3 Å². The molecule has 0 atom stereocenters. The monoisotopic (exact) mass is 310 g/mol. The zero-order valence-electron chi connectivity index (χ0n) is 11.4. The first kappa shape index (κ1) is 15.1. The summed E-state index contributed by atoms with van der Waals surface area (Å²) in [6.45, 7) is 3.05. The summed E-state index contributed by atoms with van der Waals surface area (Å²) < 4.78 is 0. The molecule has 2 rings (SSSR count). The number of amides is 1. The van der Waals surface area contributed by atoms with Gasteiger partial charge in [0.2, 0.25) is 0 Å². The fraction of sp³-hybridized carbons (Fsp3) is 0.462. The molecule has 0 aliphatic heterocycles. The van der Waals surface area contributed by atoms with E-state index in [1.807, 2.05) is 6.92 Å². The lowest BCUT2D eigenvalue weighted by molar-refractivity contribution is 0.0948. The maximum atomic E-state index is 11.8. The second-order valence-corrected chi connectivity index (χ2v) is 6.31. The number of hydrogen-bond donors (Lipinski definition) is 2. The summed E-state index contributed by atoms with van der Waals surface area (Å²) in [5, 5.41) is 8.64. The van der Waals surface area contributed by atoms with Gasteiger partial charge in [-0.05, 0) is 26.2 Å². The highest BCUT2D eigenvalue weighted by molar-refractivity contribution is 7.10. The van der Waals surface area contributed by atoms with Crippen LogP contribution in [0.4, 0.5) is 0 Å². The molecule has 0 aliphatic rings. The average Bonchev–Trinajstić information content (AvgIpc) is 3.07. The lowest BCUT2D eigenvalue weighted by Crippen LogP contribution is -2.24. The van der Waals surface area contributed by atoms with Crippen LogP contribution in [-0.4, -0.2) is 22.4 Å². The van der Waals surface area contributed by atoms with Gasteiger partial charge in [0.05, 0.1) is 5.01 Å². The molecule has 1 amide bonds. The van der Waals surface area contributed by atoms with Crippen LogP contribution < -0.4 is 11.1 Å². The Balaban J connectivity index is 1.64. The zero-order valence-corrected chi connectivity index (χ0v) is 13.0. The zero-order chi connectivity index (χ0) is 14.4. The van der Waals surface area contributed by atoms with Crippen molar-refractivity contribution >= 4 is 28.6 Å². The average molecular weight is 310 g/mol. The molecule has 108 valence electrons. The number of carbonyl (C=O) groups excluding carboxylic acids is 1. The van der Waals surface area contributed by atoms with E-state index in [-0.39, 0.29) is 5.91 Å². The molecule has 0 aliphatic carbocycles. The smallest absolute Gasteiger partial charge is 0.270 e. The van der Waals surface area contributed by atoms with Crippen LogP contribution >= 0.6 is 22.7 Å². The largest absolute Gasteiger partial charge is 0.351 e. The maximum Gasteiger partial charge on any atom is 0.270 e. The topological polar surface area (TPSA) is 80.9 Å². The second kappa shape index (κ2) is 7.47. The number of nitrogens with two attached hydrogens (primary N) is 1. The van der Waals surface area contributed by atoms with Gasteiger partial charge in [-0.2, -0.15) is 0 Å². The van der Waals surface area contributed by atoms with E-state index in [2.05, 4.69) is 20.7 Å². The van der Waals surface area contributed by atoms with E-state index < -0.39 is 0 Å². The molecule has 0 saturated heterocycles. The van der Waals surface area contributed by atoms with Crippen molar-refractivity contribution in [1.29, 1.82) is 0 Å². The van der Waals surface area contributed by atoms with E-state index in [4.69, 9.17) is 5.73 Å². The fourth-order valence-corrected chi connectivity index (χ4v) is 3.19. The molecule has 0 radical (unpaired) electrons. The molecule has 2 aromatic heterocycles. The predicted molar refractivity (Wildman–Crippen MR) is 82.1 cm³/mol. The molecule has 20 heavy (non-hydrogen) atoms. The summed E-state index contributed by atoms with van der Waals surface area (Å²) in [7, 11) is 0. The molecule has 2 heterocycles. The van der Waals surface area contributed by atoms with E-state index in [9.17, 15) is 4.79 Å². The van der Waals surface area contributed by atoms with Crippen molar-refractivity contribution in [2.75, 3.05) is 6.54 Å². The van der Waals surface area contributed by atoms with Gasteiger partial charge in [-0.15, -0.1) is 22.7 Å². The summed E-state index contributed by atoms with van der Waals surface area (Å²) in [4.78, 5) is 20.4. The summed E-state index contributed by atoms with van der Waals surface area (Å²) in [5.74, 6) is -0.119. The highest BCUT2D eigenvalue weighted by Crippen LogP contribution is 2.12. The van der Waals surface area contributed by atoms with Crippen molar-refractivity contribution in [2.45, 2.75) is 32.7 Å². The minimum Gasteiger partial charge on any atom is -0.351 e. The molecule has 0 unspecified atom stereocenters. The van der Waals surface area contributed by atoms with Crippen LogP contribution in [0.25, 0.3) is 0 Å². The van der Waals surface area contributed by atoms with Crippen molar-refractivity contribution in [3.8, 4) is 0 Å². The first-order chi connectivity index (χ1) is 9.69. The fourth-order valence-electron chi connectivity index (χ4n) is 1.72. The van der Waals surface area contributed by atoms with E-state index >= 15 is 0 Å². The number of unbranched alkanes of at least 4 members (excludes halogenated alkanes) is 1. The predicted octanol–water partition coefficient (Wildman–Crippen LogP) is 2.12. The highest BCUT2D eigenvalue weighted by Gasteiger charge is 2.09. The summed E-state index contributed by atoms with van der Waals surface area (Å²) in [5.41, 5.74) is 7.02. The number of carbonyl (C=O) groups is 1. The molecule has 7 heteroatoms. The lowest BCUT2D eigenvalue weighted by atomic mass is 10.2. The number of aromatic nitrogens is 2. The molecule has 3 N–H and O–H groups in total. The number of nitrogens with zero attached hydrogens (tertiary/aromatic N) is 2. The summed E-state index contributed by atoms with van der Waals surface area (Å²) >= 11 is 3.11. The van der Waals surface area contributed by atoms with Crippen LogP contribution in [0.15, 0.2) is 10.8 Å². The highest BCUT2D eigenvalue weighted by atomic mass is 32.1. The minimum absolute atomic E-state index is 0.119. The molecule has 0 saturated carbocycles. The quantitative estimate of drug-likeness (QED) is 0.768. The first-order valence-electron chi connectivity index (χ1n) is 6.52. The first-order valence-corrected chi connectivity index (χ1v) is 8.28. The Labute approximate surface area is 126 Å². The van der Waals surface area contributed by atoms with Gasteiger partial charge in [0.15, 0.2) is 0 Å². The Kier molecular flexibility index (Phi) is 5.63. The Morgan fingerprint density at radius 1 is 1.25 bits per heavy atom. The third-order valence-corrected chi connectivity index (χ3v) is 4.63. The number of thiazole rings is 2. The van der Waals surface area contributed by atoms with Crippen molar-refractivity contribution in [3.63, 3.8) is 0 Å². The Hall–Kier alpha value is -1.31. The Bertz CT molecular complexity index is 564. The van der Waals surface area contributed by atoms with Gasteiger partial charge in [0.1, 0.15) is 10.7 Å². The number of nitrogens with one attached hydrogen (secondary N) is 1. The number of rotatable bonds is 7. The van der Waals surface area contributed by atoms with Crippen LogP contribution in [-0.2, 0) is 13.0 Å². The van der Waals surface area contributed by atoms with Crippen LogP contribution in [0.1, 0.15) is 39.0 Å². The summed E-state index contributed by atoms with van der Waals surface area (Å²) in [6.07, 6.45) is 2.94. The van der Waals surface area contributed by atoms with Gasteiger partial charge >= 0.3 is 0 Å². The maximum absolute atomic E-state index is 11.8. The van der Waals surface area contributed by atoms with Gasteiger partial charge in [0, 0.05) is 29.5 Å². The van der Waals surface area contributed by atoms with E-state index in [0.29, 0.717) is 18.8 Å². The SMILES string of the molecule is Cc1csc(CCCCNC(=O)c2csc(CN)n2)n1. The third kappa shape index (κ3) is 4.36. The minimum atomic E-state index is -0.119. The third-order valence-electron chi connectivity index (χ3n) is 2.73. The standard InChI is InChI=1S/C13H18N4OS2/c1-9-7-19-11(16-9)4-2-3-5-15-13(18)10-8-20-12(6-14)17-10/h7-8H,2-6,14H2,1H3,(H,15,18). The number of aryl methyl sites for hydroxylation is 2. The van der Waals surface area contributed by atoms with Crippen LogP contribution in [0.3, 0.4) is 0 Å². The van der Waals surface area contributed by atoms with Gasteiger partial charge in [0.25, 0.3) is 5.91 Å². The van der Waals surface area contributed by atoms with Crippen LogP contribution in [0, 0.1) is 6.92 Å². The Morgan fingerprint density at radius 2 is 2.05 bits per heavy atom. The van der Waals surface area contributed by atoms with Crippen LogP contribution in [0.2, 0.25) is 0 Å². The molecule has 2 aromatic rings. The lowest BCUT2D eigenvalue weighted by Gasteiger charge is -2.02. The van der Waals surface area contributed by atoms with Crippen LogP contribution in [0.5, 0.6) is 0 Å². The molecule has 5 nitrogen and oxygen atoms in total. The van der Waals surface area contributed by atoms with Gasteiger partial charge < -0.3 is 11.1 Å². The van der Waals surface area contributed by atoms with Crippen molar-refractivity contribution in [3.05, 3.63) is 32.2 Å².